The molecule has 0 bridgehead atoms. The summed E-state index contributed by atoms with van der Waals surface area (Å²) in [5.41, 5.74) is 7.62. The van der Waals surface area contributed by atoms with Crippen LogP contribution in [-0.2, 0) is 11.3 Å². The van der Waals surface area contributed by atoms with Crippen LogP contribution in [0.4, 0.5) is 0 Å². The Labute approximate surface area is 110 Å². The Hall–Kier alpha value is -0.870. The van der Waals surface area contributed by atoms with Gasteiger partial charge < -0.3 is 10.5 Å². The summed E-state index contributed by atoms with van der Waals surface area (Å²) in [5, 5.41) is 4.36. The zero-order chi connectivity index (χ0) is 13.3. The molecule has 4 heteroatoms. The highest BCUT2D eigenvalue weighted by atomic mass is 16.5. The molecule has 2 rings (SSSR count). The zero-order valence-corrected chi connectivity index (χ0v) is 11.8. The second-order valence-corrected chi connectivity index (χ2v) is 5.49. The molecule has 5 atom stereocenters. The molecule has 1 aliphatic heterocycles. The molecule has 1 fully saturated rings. The van der Waals surface area contributed by atoms with Crippen LogP contribution in [0.15, 0.2) is 12.3 Å². The average Bonchev–Trinajstić information content (AvgIpc) is 2.86. The Kier molecular flexibility index (Phi) is 4.07. The average molecular weight is 251 g/mol. The Bertz CT molecular complexity index is 390. The van der Waals surface area contributed by atoms with E-state index < -0.39 is 0 Å². The van der Waals surface area contributed by atoms with Crippen molar-refractivity contribution in [2.45, 2.75) is 58.9 Å². The second-order valence-electron chi connectivity index (χ2n) is 5.49. The van der Waals surface area contributed by atoms with Crippen LogP contribution in [0.2, 0.25) is 0 Å². The first-order valence-corrected chi connectivity index (χ1v) is 6.99. The predicted octanol–water partition coefficient (Wildman–Crippen LogP) is 2.35. The van der Waals surface area contributed by atoms with E-state index >= 15 is 0 Å². The van der Waals surface area contributed by atoms with Gasteiger partial charge in [0.2, 0.25) is 0 Å². The molecule has 0 spiro atoms. The summed E-state index contributed by atoms with van der Waals surface area (Å²) in [5.74, 6) is 0.854. The van der Waals surface area contributed by atoms with Crippen molar-refractivity contribution < 1.29 is 4.74 Å². The summed E-state index contributed by atoms with van der Waals surface area (Å²) in [4.78, 5) is 0. The molecule has 0 aliphatic carbocycles. The number of ether oxygens (including phenoxy) is 1. The predicted molar refractivity (Wildman–Crippen MR) is 72.1 cm³/mol. The fourth-order valence-electron chi connectivity index (χ4n) is 3.13. The standard InChI is InChI=1S/C14H25N3O/c1-5-8-17-12(6-7-16-17)14(15)13-9(2)10(3)18-11(13)4/h6-7,9-11,13-14H,5,8,15H2,1-4H3. The lowest BCUT2D eigenvalue weighted by molar-refractivity contribution is 0.0486. The van der Waals surface area contributed by atoms with Crippen LogP contribution in [0.25, 0.3) is 0 Å². The largest absolute Gasteiger partial charge is 0.375 e. The van der Waals surface area contributed by atoms with E-state index in [4.69, 9.17) is 10.5 Å². The molecule has 2 N–H and O–H groups in total. The van der Waals surface area contributed by atoms with Gasteiger partial charge in [0, 0.05) is 18.7 Å². The number of rotatable bonds is 4. The quantitative estimate of drug-likeness (QED) is 0.893. The molecule has 0 radical (unpaired) electrons. The zero-order valence-electron chi connectivity index (χ0n) is 11.8. The van der Waals surface area contributed by atoms with Gasteiger partial charge in [0.05, 0.1) is 23.9 Å². The summed E-state index contributed by atoms with van der Waals surface area (Å²) in [6, 6.07) is 2.05. The van der Waals surface area contributed by atoms with Gasteiger partial charge in [-0.3, -0.25) is 4.68 Å². The summed E-state index contributed by atoms with van der Waals surface area (Å²) < 4.78 is 7.93. The van der Waals surface area contributed by atoms with Crippen LogP contribution in [0.1, 0.15) is 45.9 Å². The molecule has 18 heavy (non-hydrogen) atoms. The first kappa shape index (κ1) is 13.6. The third kappa shape index (κ3) is 2.31. The molecular weight excluding hydrogens is 226 g/mol. The summed E-state index contributed by atoms with van der Waals surface area (Å²) in [6.45, 7) is 9.59. The number of nitrogens with zero attached hydrogens (tertiary/aromatic N) is 2. The third-order valence-corrected chi connectivity index (χ3v) is 4.26. The van der Waals surface area contributed by atoms with E-state index in [1.807, 2.05) is 16.9 Å². The van der Waals surface area contributed by atoms with Crippen molar-refractivity contribution in [3.05, 3.63) is 18.0 Å². The van der Waals surface area contributed by atoms with Crippen LogP contribution in [-0.4, -0.2) is 22.0 Å². The minimum Gasteiger partial charge on any atom is -0.375 e. The molecule has 102 valence electrons. The Morgan fingerprint density at radius 3 is 2.67 bits per heavy atom. The van der Waals surface area contributed by atoms with Crippen molar-refractivity contribution in [1.82, 2.24) is 9.78 Å². The minimum atomic E-state index is 0.00833. The Balaban J connectivity index is 2.20. The van der Waals surface area contributed by atoms with Gasteiger partial charge in [-0.25, -0.2) is 0 Å². The van der Waals surface area contributed by atoms with E-state index in [1.54, 1.807) is 0 Å². The molecule has 0 aromatic carbocycles. The molecule has 0 saturated carbocycles. The molecule has 1 aromatic rings. The lowest BCUT2D eigenvalue weighted by atomic mass is 9.82. The van der Waals surface area contributed by atoms with Gasteiger partial charge in [-0.15, -0.1) is 0 Å². The minimum absolute atomic E-state index is 0.00833. The van der Waals surface area contributed by atoms with Crippen LogP contribution >= 0.6 is 0 Å². The van der Waals surface area contributed by atoms with Crippen LogP contribution in [0.3, 0.4) is 0 Å². The molecule has 1 aliphatic rings. The Morgan fingerprint density at radius 2 is 2.11 bits per heavy atom. The molecule has 2 heterocycles. The SMILES string of the molecule is CCCn1nccc1C(N)C1C(C)OC(C)C1C. The van der Waals surface area contributed by atoms with Crippen molar-refractivity contribution in [1.29, 1.82) is 0 Å². The first-order chi connectivity index (χ1) is 8.56. The molecule has 5 unspecified atom stereocenters. The first-order valence-electron chi connectivity index (χ1n) is 6.99. The molecule has 0 amide bonds. The highest BCUT2D eigenvalue weighted by molar-refractivity contribution is 5.10. The lowest BCUT2D eigenvalue weighted by Crippen LogP contribution is -2.32. The van der Waals surface area contributed by atoms with Crippen molar-refractivity contribution in [2.24, 2.45) is 17.6 Å². The van der Waals surface area contributed by atoms with Crippen LogP contribution < -0.4 is 5.73 Å². The number of hydrogen-bond donors (Lipinski definition) is 1. The van der Waals surface area contributed by atoms with Gasteiger partial charge in [0.1, 0.15) is 0 Å². The fraction of sp³-hybridized carbons (Fsp3) is 0.786. The maximum Gasteiger partial charge on any atom is 0.0601 e. The van der Waals surface area contributed by atoms with E-state index in [0.717, 1.165) is 18.7 Å². The highest BCUT2D eigenvalue weighted by Gasteiger charge is 2.41. The van der Waals surface area contributed by atoms with E-state index in [0.29, 0.717) is 17.9 Å². The third-order valence-electron chi connectivity index (χ3n) is 4.26. The lowest BCUT2D eigenvalue weighted by Gasteiger charge is -2.26. The van der Waals surface area contributed by atoms with Gasteiger partial charge in [-0.05, 0) is 32.3 Å². The smallest absolute Gasteiger partial charge is 0.0601 e. The highest BCUT2D eigenvalue weighted by Crippen LogP contribution is 2.39. The topological polar surface area (TPSA) is 53.1 Å². The normalized spacial score (nSPS) is 33.8. The summed E-state index contributed by atoms with van der Waals surface area (Å²) in [7, 11) is 0. The van der Waals surface area contributed by atoms with Gasteiger partial charge in [-0.1, -0.05) is 13.8 Å². The number of aromatic nitrogens is 2. The maximum atomic E-state index is 6.48. The van der Waals surface area contributed by atoms with Gasteiger partial charge in [0.25, 0.3) is 0 Å². The van der Waals surface area contributed by atoms with Crippen molar-refractivity contribution in [3.8, 4) is 0 Å². The van der Waals surface area contributed by atoms with Gasteiger partial charge >= 0.3 is 0 Å². The number of aryl methyl sites for hydroxylation is 1. The van der Waals surface area contributed by atoms with Crippen molar-refractivity contribution in [3.63, 3.8) is 0 Å². The second kappa shape index (κ2) is 5.41. The van der Waals surface area contributed by atoms with E-state index in [-0.39, 0.29) is 12.1 Å². The van der Waals surface area contributed by atoms with E-state index in [2.05, 4.69) is 32.8 Å². The van der Waals surface area contributed by atoms with Crippen molar-refractivity contribution in [2.75, 3.05) is 0 Å². The molecule has 1 saturated heterocycles. The van der Waals surface area contributed by atoms with E-state index in [9.17, 15) is 0 Å². The monoisotopic (exact) mass is 251 g/mol. The van der Waals surface area contributed by atoms with Crippen LogP contribution in [0.5, 0.6) is 0 Å². The summed E-state index contributed by atoms with van der Waals surface area (Å²) >= 11 is 0. The molecule has 4 nitrogen and oxygen atoms in total. The molecular formula is C14H25N3O. The van der Waals surface area contributed by atoms with Crippen LogP contribution in [0, 0.1) is 11.8 Å². The Morgan fingerprint density at radius 1 is 1.39 bits per heavy atom. The number of nitrogens with two attached hydrogens (primary N) is 1. The molecule has 1 aromatic heterocycles. The maximum absolute atomic E-state index is 6.48. The number of hydrogen-bond acceptors (Lipinski definition) is 3. The van der Waals surface area contributed by atoms with Crippen molar-refractivity contribution >= 4 is 0 Å². The van der Waals surface area contributed by atoms with E-state index in [1.165, 1.54) is 0 Å². The van der Waals surface area contributed by atoms with Gasteiger partial charge in [-0.2, -0.15) is 5.10 Å². The summed E-state index contributed by atoms with van der Waals surface area (Å²) in [6.07, 6.45) is 3.43. The van der Waals surface area contributed by atoms with Gasteiger partial charge in [0.15, 0.2) is 0 Å². The fourth-order valence-corrected chi connectivity index (χ4v) is 3.13.